The highest BCUT2D eigenvalue weighted by Gasteiger charge is 2.54. The number of methoxy groups -OCH3 is 1. The maximum absolute atomic E-state index is 15.6. The Balaban J connectivity index is 0.774. The van der Waals surface area contributed by atoms with Crippen molar-refractivity contribution in [2.75, 3.05) is 62.4 Å². The van der Waals surface area contributed by atoms with Gasteiger partial charge in [-0.2, -0.15) is 8.78 Å². The normalized spacial score (nSPS) is 22.6. The van der Waals surface area contributed by atoms with Crippen molar-refractivity contribution in [3.8, 4) is 5.75 Å². The SMILES string of the molecule is COc1cc(C(=O)NC2CC3(C2)CN(C(=O)CCNc2cccc4c2C(=O)N(C2CCC(=O)NC2=O)C4=O)C3)c(F)cc1Nc1cnc2c(n1)C(N1CCCC1)CC(F)(F)C(=O)N2C. The van der Waals surface area contributed by atoms with E-state index >= 15 is 13.2 Å². The van der Waals surface area contributed by atoms with Crippen LogP contribution in [0.4, 0.5) is 36.2 Å². The second-order valence-electron chi connectivity index (χ2n) is 17.3. The smallest absolute Gasteiger partial charge is 0.327 e. The molecule has 3 aromatic rings. The Labute approximate surface area is 364 Å². The fourth-order valence-corrected chi connectivity index (χ4v) is 9.87. The zero-order chi connectivity index (χ0) is 45.2. The highest BCUT2D eigenvalue weighted by Crippen LogP contribution is 2.49. The lowest BCUT2D eigenvalue weighted by molar-refractivity contribution is -0.151. The minimum atomic E-state index is -3.63. The van der Waals surface area contributed by atoms with Crippen molar-refractivity contribution in [1.29, 1.82) is 0 Å². The Hall–Kier alpha value is -6.64. The van der Waals surface area contributed by atoms with E-state index in [-0.39, 0.29) is 88.6 Å². The molecule has 6 aliphatic rings. The van der Waals surface area contributed by atoms with Crippen molar-refractivity contribution >= 4 is 64.4 Å². The van der Waals surface area contributed by atoms with E-state index < -0.39 is 65.7 Å². The second kappa shape index (κ2) is 16.2. The molecular weight excluding hydrogens is 842 g/mol. The molecule has 2 unspecified atom stereocenters. The van der Waals surface area contributed by atoms with E-state index in [1.807, 2.05) is 4.90 Å². The molecule has 1 spiro atoms. The quantitative estimate of drug-likeness (QED) is 0.204. The Bertz CT molecular complexity index is 2500. The third kappa shape index (κ3) is 7.53. The molecule has 4 fully saturated rings. The first-order valence-electron chi connectivity index (χ1n) is 21.1. The molecule has 21 heteroatoms. The van der Waals surface area contributed by atoms with Gasteiger partial charge in [-0.05, 0) is 63.4 Å². The van der Waals surface area contributed by atoms with Gasteiger partial charge in [-0.3, -0.25) is 53.6 Å². The first-order valence-corrected chi connectivity index (χ1v) is 21.1. The van der Waals surface area contributed by atoms with Crippen LogP contribution in [0.3, 0.4) is 0 Å². The molecule has 3 saturated heterocycles. The summed E-state index contributed by atoms with van der Waals surface area (Å²) in [6.07, 6.45) is 3.44. The second-order valence-corrected chi connectivity index (χ2v) is 17.3. The van der Waals surface area contributed by atoms with Crippen LogP contribution in [0.1, 0.15) is 94.2 Å². The molecule has 1 aliphatic carbocycles. The van der Waals surface area contributed by atoms with Gasteiger partial charge in [0.05, 0.1) is 41.7 Å². The van der Waals surface area contributed by atoms with E-state index in [2.05, 4.69) is 31.2 Å². The van der Waals surface area contributed by atoms with E-state index in [0.717, 1.165) is 28.7 Å². The number of alkyl halides is 2. The number of ether oxygens (including phenoxy) is 1. The molecule has 336 valence electrons. The lowest BCUT2D eigenvalue weighted by Gasteiger charge is -2.59. The summed E-state index contributed by atoms with van der Waals surface area (Å²) in [5, 5.41) is 11.1. The molecule has 9 rings (SSSR count). The molecule has 0 radical (unpaired) electrons. The van der Waals surface area contributed by atoms with Gasteiger partial charge in [-0.25, -0.2) is 14.4 Å². The summed E-state index contributed by atoms with van der Waals surface area (Å²) >= 11 is 0. The van der Waals surface area contributed by atoms with Gasteiger partial charge in [-0.1, -0.05) is 6.07 Å². The fraction of sp³-hybridized carbons (Fsp3) is 0.465. The Morgan fingerprint density at radius 1 is 0.984 bits per heavy atom. The van der Waals surface area contributed by atoms with Crippen LogP contribution >= 0.6 is 0 Å². The third-order valence-electron chi connectivity index (χ3n) is 13.1. The predicted octanol–water partition coefficient (Wildman–Crippen LogP) is 3.13. The number of carbonyl (C=O) groups excluding carboxylic acids is 7. The summed E-state index contributed by atoms with van der Waals surface area (Å²) in [6, 6.07) is 4.80. The minimum absolute atomic E-state index is 0.00566. The number of imide groups is 2. The van der Waals surface area contributed by atoms with E-state index in [4.69, 9.17) is 4.74 Å². The highest BCUT2D eigenvalue weighted by molar-refractivity contribution is 6.25. The van der Waals surface area contributed by atoms with Gasteiger partial charge in [0.2, 0.25) is 17.7 Å². The maximum atomic E-state index is 15.6. The van der Waals surface area contributed by atoms with E-state index in [0.29, 0.717) is 44.7 Å². The lowest BCUT2D eigenvalue weighted by atomic mass is 9.60. The van der Waals surface area contributed by atoms with Gasteiger partial charge in [0.1, 0.15) is 29.1 Å². The molecule has 64 heavy (non-hydrogen) atoms. The number of amides is 7. The lowest BCUT2D eigenvalue weighted by Crippen LogP contribution is -2.67. The average Bonchev–Trinajstić information content (AvgIpc) is 3.85. The molecule has 1 saturated carbocycles. The Morgan fingerprint density at radius 2 is 1.73 bits per heavy atom. The van der Waals surface area contributed by atoms with Gasteiger partial charge in [-0.15, -0.1) is 0 Å². The number of piperidine rings is 1. The molecular formula is C43H45F3N10O8. The topological polar surface area (TPSA) is 216 Å². The number of rotatable bonds is 11. The molecule has 18 nitrogen and oxygen atoms in total. The Kier molecular flexibility index (Phi) is 10.8. The summed E-state index contributed by atoms with van der Waals surface area (Å²) < 4.78 is 51.2. The van der Waals surface area contributed by atoms with Crippen LogP contribution in [0.5, 0.6) is 5.75 Å². The van der Waals surface area contributed by atoms with Crippen LogP contribution in [0.2, 0.25) is 0 Å². The maximum Gasteiger partial charge on any atom is 0.327 e. The van der Waals surface area contributed by atoms with Gasteiger partial charge in [0.25, 0.3) is 23.6 Å². The van der Waals surface area contributed by atoms with Crippen molar-refractivity contribution in [3.05, 3.63) is 64.7 Å². The Morgan fingerprint density at radius 3 is 2.45 bits per heavy atom. The largest absolute Gasteiger partial charge is 0.495 e. The summed E-state index contributed by atoms with van der Waals surface area (Å²) in [5.74, 6) is -8.86. The van der Waals surface area contributed by atoms with Gasteiger partial charge < -0.3 is 25.6 Å². The zero-order valence-corrected chi connectivity index (χ0v) is 35.0. The number of anilines is 4. The van der Waals surface area contributed by atoms with Crippen molar-refractivity contribution in [2.45, 2.75) is 75.4 Å². The molecule has 7 amide bonds. The van der Waals surface area contributed by atoms with Crippen LogP contribution in [0.25, 0.3) is 0 Å². The average molecular weight is 887 g/mol. The zero-order valence-electron chi connectivity index (χ0n) is 35.0. The number of halogens is 3. The van der Waals surface area contributed by atoms with E-state index in [1.54, 1.807) is 17.0 Å². The van der Waals surface area contributed by atoms with Crippen LogP contribution in [0.15, 0.2) is 36.5 Å². The van der Waals surface area contributed by atoms with Crippen molar-refractivity contribution in [3.63, 3.8) is 0 Å². The number of fused-ring (bicyclic) bond motifs is 2. The first kappa shape index (κ1) is 42.7. The predicted molar refractivity (Wildman–Crippen MR) is 221 cm³/mol. The molecule has 1 aromatic heterocycles. The van der Waals surface area contributed by atoms with Crippen LogP contribution in [-0.4, -0.2) is 131 Å². The van der Waals surface area contributed by atoms with E-state index in [9.17, 15) is 33.6 Å². The van der Waals surface area contributed by atoms with Crippen molar-refractivity contribution in [1.82, 2.24) is 35.3 Å². The van der Waals surface area contributed by atoms with Crippen LogP contribution in [0, 0.1) is 11.2 Å². The van der Waals surface area contributed by atoms with Gasteiger partial charge in [0.15, 0.2) is 5.82 Å². The molecule has 2 aromatic carbocycles. The fourth-order valence-electron chi connectivity index (χ4n) is 9.87. The van der Waals surface area contributed by atoms with Crippen molar-refractivity contribution < 1.29 is 51.5 Å². The van der Waals surface area contributed by atoms with Crippen LogP contribution < -0.4 is 30.9 Å². The number of carbonyl (C=O) groups is 7. The number of benzene rings is 2. The standard InChI is InChI=1S/C43H45F3N10O8/c1-53-36-35(29(54-12-3-4-13-54)18-43(45,46)41(53)63)51-31(19-48-36)50-27-15-25(44)24(14-30(27)64-2)37(59)49-22-16-42(17-22)20-55(21-42)33(58)10-11-47-26-7-5-6-23-34(26)40(62)56(39(23)61)28-8-9-32(57)52-38(28)60/h5-7,14-15,19,22,28-29,47H,3-4,8-13,16-18,20-21H2,1-2H3,(H,49,59)(H,50,51)(H,52,57,60). The van der Waals surface area contributed by atoms with Crippen LogP contribution in [-0.2, 0) is 19.2 Å². The van der Waals surface area contributed by atoms with Gasteiger partial charge >= 0.3 is 5.92 Å². The molecule has 0 bridgehead atoms. The number of nitrogens with zero attached hydrogens (tertiary/aromatic N) is 6. The summed E-state index contributed by atoms with van der Waals surface area (Å²) in [6.45, 7) is 2.25. The third-order valence-corrected chi connectivity index (χ3v) is 13.1. The molecule has 4 N–H and O–H groups in total. The molecule has 5 aliphatic heterocycles. The summed E-state index contributed by atoms with van der Waals surface area (Å²) in [7, 11) is 2.58. The molecule has 2 atom stereocenters. The monoisotopic (exact) mass is 886 g/mol. The first-order chi connectivity index (χ1) is 30.6. The number of likely N-dealkylation sites (tertiary alicyclic amines) is 2. The van der Waals surface area contributed by atoms with Crippen molar-refractivity contribution in [2.24, 2.45) is 5.41 Å². The number of hydrogen-bond acceptors (Lipinski definition) is 13. The van der Waals surface area contributed by atoms with Gasteiger partial charge in [0, 0.05) is 69.2 Å². The number of nitrogens with one attached hydrogen (secondary N) is 4. The summed E-state index contributed by atoms with van der Waals surface area (Å²) in [5.41, 5.74) is 0.446. The molecule has 6 heterocycles. The van der Waals surface area contributed by atoms with E-state index in [1.165, 1.54) is 32.5 Å². The summed E-state index contributed by atoms with van der Waals surface area (Å²) in [4.78, 5) is 104. The highest BCUT2D eigenvalue weighted by atomic mass is 19.3. The minimum Gasteiger partial charge on any atom is -0.495 e. The number of aromatic nitrogens is 2. The number of hydrogen-bond donors (Lipinski definition) is 4.